The Labute approximate surface area is 118 Å². The smallest absolute Gasteiger partial charge is 0.245 e. The second-order valence-electron chi connectivity index (χ2n) is 4.87. The van der Waals surface area contributed by atoms with Crippen molar-refractivity contribution in [3.63, 3.8) is 0 Å². The summed E-state index contributed by atoms with van der Waals surface area (Å²) in [4.78, 5) is 14.3. The van der Waals surface area contributed by atoms with Crippen molar-refractivity contribution in [1.29, 1.82) is 10.5 Å². The topological polar surface area (TPSA) is 79.9 Å². The summed E-state index contributed by atoms with van der Waals surface area (Å²) in [6.45, 7) is 2.71. The molecule has 5 nitrogen and oxygen atoms in total. The highest BCUT2D eigenvalue weighted by molar-refractivity contribution is 5.98. The zero-order valence-electron chi connectivity index (χ0n) is 11.3. The van der Waals surface area contributed by atoms with Crippen LogP contribution in [-0.2, 0) is 4.79 Å². The van der Waals surface area contributed by atoms with E-state index in [4.69, 9.17) is 10.5 Å². The van der Waals surface area contributed by atoms with Gasteiger partial charge in [-0.3, -0.25) is 4.79 Å². The third-order valence-corrected chi connectivity index (χ3v) is 3.50. The first kappa shape index (κ1) is 14.0. The Morgan fingerprint density at radius 2 is 2.05 bits per heavy atom. The molecule has 2 atom stereocenters. The number of nitrogens with one attached hydrogen (secondary N) is 1. The molecule has 0 radical (unpaired) electrons. The van der Waals surface area contributed by atoms with Gasteiger partial charge in [-0.2, -0.15) is 10.5 Å². The maximum Gasteiger partial charge on any atom is 0.245 e. The van der Waals surface area contributed by atoms with Crippen LogP contribution in [0.15, 0.2) is 24.3 Å². The molecule has 2 unspecified atom stereocenters. The minimum absolute atomic E-state index is 0.0617. The van der Waals surface area contributed by atoms with Gasteiger partial charge in [-0.25, -0.2) is 0 Å². The van der Waals surface area contributed by atoms with Gasteiger partial charge < -0.3 is 10.2 Å². The van der Waals surface area contributed by atoms with Gasteiger partial charge in [0.1, 0.15) is 6.04 Å². The molecule has 20 heavy (non-hydrogen) atoms. The Morgan fingerprint density at radius 1 is 1.35 bits per heavy atom. The van der Waals surface area contributed by atoms with Crippen molar-refractivity contribution in [2.75, 3.05) is 11.4 Å². The lowest BCUT2D eigenvalue weighted by Crippen LogP contribution is -2.46. The molecule has 0 aromatic heterocycles. The van der Waals surface area contributed by atoms with Gasteiger partial charge in [0.15, 0.2) is 0 Å². The molecule has 1 aromatic carbocycles. The van der Waals surface area contributed by atoms with Crippen LogP contribution in [0.4, 0.5) is 5.69 Å². The van der Waals surface area contributed by atoms with Gasteiger partial charge >= 0.3 is 0 Å². The molecule has 1 aliphatic rings. The maximum absolute atomic E-state index is 12.5. The monoisotopic (exact) mass is 268 g/mol. The Hall–Kier alpha value is -2.37. The summed E-state index contributed by atoms with van der Waals surface area (Å²) in [6.07, 6.45) is 0.992. The summed E-state index contributed by atoms with van der Waals surface area (Å²) in [7, 11) is 0. The zero-order valence-corrected chi connectivity index (χ0v) is 11.3. The molecule has 5 heteroatoms. The van der Waals surface area contributed by atoms with Gasteiger partial charge in [-0.15, -0.1) is 0 Å². The molecule has 1 amide bonds. The highest BCUT2D eigenvalue weighted by atomic mass is 16.2. The number of rotatable bonds is 2. The fourth-order valence-corrected chi connectivity index (χ4v) is 2.40. The molecule has 102 valence electrons. The number of amides is 1. The molecule has 1 N–H and O–H groups in total. The van der Waals surface area contributed by atoms with E-state index in [2.05, 4.69) is 11.4 Å². The van der Waals surface area contributed by atoms with Crippen molar-refractivity contribution in [3.05, 3.63) is 29.8 Å². The second-order valence-corrected chi connectivity index (χ2v) is 4.87. The van der Waals surface area contributed by atoms with Crippen LogP contribution in [0, 0.1) is 22.7 Å². The van der Waals surface area contributed by atoms with Crippen molar-refractivity contribution < 1.29 is 4.79 Å². The summed E-state index contributed by atoms with van der Waals surface area (Å²) in [5.41, 5.74) is 1.34. The number of carbonyl (C=O) groups is 1. The standard InChI is InChI=1S/C15H16N4O/c1-11-7-9-18-14(6-8-16)15(20)19(11)13-4-2-12(10-17)3-5-13/h2-5,11,14,18H,6-7,9H2,1H3. The first-order valence-corrected chi connectivity index (χ1v) is 6.61. The van der Waals surface area contributed by atoms with E-state index in [1.807, 2.05) is 13.0 Å². The molecule has 1 saturated heterocycles. The van der Waals surface area contributed by atoms with E-state index < -0.39 is 6.04 Å². The van der Waals surface area contributed by atoms with Gasteiger partial charge in [0.25, 0.3) is 0 Å². The Kier molecular flexibility index (Phi) is 4.34. The highest BCUT2D eigenvalue weighted by Gasteiger charge is 2.31. The van der Waals surface area contributed by atoms with Crippen molar-refractivity contribution >= 4 is 11.6 Å². The summed E-state index contributed by atoms with van der Waals surface area (Å²) in [6, 6.07) is 10.7. The van der Waals surface area contributed by atoms with Crippen LogP contribution in [0.25, 0.3) is 0 Å². The van der Waals surface area contributed by atoms with Crippen LogP contribution in [0.5, 0.6) is 0 Å². The van der Waals surface area contributed by atoms with Crippen molar-refractivity contribution in [1.82, 2.24) is 5.32 Å². The van der Waals surface area contributed by atoms with E-state index in [1.54, 1.807) is 29.2 Å². The normalized spacial score (nSPS) is 22.8. The second kappa shape index (κ2) is 6.18. The van der Waals surface area contributed by atoms with Gasteiger partial charge in [0, 0.05) is 11.7 Å². The van der Waals surface area contributed by atoms with Crippen LogP contribution < -0.4 is 10.2 Å². The van der Waals surface area contributed by atoms with Crippen molar-refractivity contribution in [3.8, 4) is 12.1 Å². The molecular formula is C15H16N4O. The Balaban J connectivity index is 2.31. The quantitative estimate of drug-likeness (QED) is 0.882. The number of hydrogen-bond acceptors (Lipinski definition) is 4. The summed E-state index contributed by atoms with van der Waals surface area (Å²) >= 11 is 0. The average Bonchev–Trinajstić information content (AvgIpc) is 2.59. The average molecular weight is 268 g/mol. The van der Waals surface area contributed by atoms with Gasteiger partial charge in [-0.05, 0) is 44.2 Å². The van der Waals surface area contributed by atoms with E-state index in [1.165, 1.54) is 0 Å². The number of carbonyl (C=O) groups excluding carboxylic acids is 1. The highest BCUT2D eigenvalue weighted by Crippen LogP contribution is 2.22. The third kappa shape index (κ3) is 2.79. The number of anilines is 1. The predicted molar refractivity (Wildman–Crippen MR) is 74.7 cm³/mol. The molecule has 1 aliphatic heterocycles. The first-order chi connectivity index (χ1) is 9.67. The van der Waals surface area contributed by atoms with E-state index in [0.29, 0.717) is 12.1 Å². The van der Waals surface area contributed by atoms with Crippen molar-refractivity contribution in [2.24, 2.45) is 0 Å². The Morgan fingerprint density at radius 3 is 2.65 bits per heavy atom. The summed E-state index contributed by atoms with van der Waals surface area (Å²) < 4.78 is 0. The van der Waals surface area contributed by atoms with E-state index in [0.717, 1.165) is 12.1 Å². The predicted octanol–water partition coefficient (Wildman–Crippen LogP) is 1.56. The van der Waals surface area contributed by atoms with Gasteiger partial charge in [-0.1, -0.05) is 0 Å². The van der Waals surface area contributed by atoms with Crippen LogP contribution in [-0.4, -0.2) is 24.5 Å². The molecule has 2 rings (SSSR count). The minimum Gasteiger partial charge on any atom is -0.308 e. The van der Waals surface area contributed by atoms with E-state index >= 15 is 0 Å². The van der Waals surface area contributed by atoms with E-state index in [9.17, 15) is 4.79 Å². The number of nitriles is 2. The first-order valence-electron chi connectivity index (χ1n) is 6.61. The SMILES string of the molecule is CC1CCNC(CC#N)C(=O)N1c1ccc(C#N)cc1. The lowest BCUT2D eigenvalue weighted by molar-refractivity contribution is -0.120. The molecule has 1 heterocycles. The van der Waals surface area contributed by atoms with Gasteiger partial charge in [0.05, 0.1) is 24.1 Å². The lowest BCUT2D eigenvalue weighted by atomic mass is 10.1. The van der Waals surface area contributed by atoms with E-state index in [-0.39, 0.29) is 18.4 Å². The van der Waals surface area contributed by atoms with Crippen molar-refractivity contribution in [2.45, 2.75) is 31.8 Å². The minimum atomic E-state index is -0.458. The molecule has 1 fully saturated rings. The zero-order chi connectivity index (χ0) is 14.5. The van der Waals surface area contributed by atoms with Crippen LogP contribution >= 0.6 is 0 Å². The van der Waals surface area contributed by atoms with Crippen LogP contribution in [0.2, 0.25) is 0 Å². The fourth-order valence-electron chi connectivity index (χ4n) is 2.40. The summed E-state index contributed by atoms with van der Waals surface area (Å²) in [5, 5.41) is 20.8. The third-order valence-electron chi connectivity index (χ3n) is 3.50. The maximum atomic E-state index is 12.5. The van der Waals surface area contributed by atoms with Crippen LogP contribution in [0.3, 0.4) is 0 Å². The summed E-state index contributed by atoms with van der Waals surface area (Å²) in [5.74, 6) is -0.0822. The lowest BCUT2D eigenvalue weighted by Gasteiger charge is -2.28. The molecule has 0 spiro atoms. The molecule has 0 aliphatic carbocycles. The number of benzene rings is 1. The number of hydrogen-bond donors (Lipinski definition) is 1. The van der Waals surface area contributed by atoms with Gasteiger partial charge in [0.2, 0.25) is 5.91 Å². The largest absolute Gasteiger partial charge is 0.308 e. The number of nitrogens with zero attached hydrogens (tertiary/aromatic N) is 3. The van der Waals surface area contributed by atoms with Crippen LogP contribution in [0.1, 0.15) is 25.3 Å². The molecule has 0 bridgehead atoms. The molecular weight excluding hydrogens is 252 g/mol. The molecule has 1 aromatic rings. The Bertz CT molecular complexity index is 567. The fraction of sp³-hybridized carbons (Fsp3) is 0.400. The molecule has 0 saturated carbocycles.